The van der Waals surface area contributed by atoms with Crippen LogP contribution in [0.5, 0.6) is 0 Å². The van der Waals surface area contributed by atoms with Crippen LogP contribution in [-0.2, 0) is 0 Å². The van der Waals surface area contributed by atoms with Crippen molar-refractivity contribution in [2.45, 2.75) is 38.5 Å². The van der Waals surface area contributed by atoms with Gasteiger partial charge in [-0.3, -0.25) is 0 Å². The van der Waals surface area contributed by atoms with Crippen LogP contribution in [0.15, 0.2) is 12.2 Å². The van der Waals surface area contributed by atoms with Gasteiger partial charge in [0.15, 0.2) is 0 Å². The number of allylic oxidation sites excluding steroid dienone is 2. The second kappa shape index (κ2) is 1.86. The monoisotopic (exact) mass is 122 g/mol. The topological polar surface area (TPSA) is 0 Å². The van der Waals surface area contributed by atoms with E-state index in [-0.39, 0.29) is 0 Å². The molecule has 0 nitrogen and oxygen atoms in total. The van der Waals surface area contributed by atoms with Crippen LogP contribution in [0.4, 0.5) is 0 Å². The lowest BCUT2D eigenvalue weighted by Crippen LogP contribution is -1.95. The Morgan fingerprint density at radius 3 is 1.78 bits per heavy atom. The van der Waals surface area contributed by atoms with Crippen LogP contribution >= 0.6 is 0 Å². The highest BCUT2D eigenvalue weighted by Crippen LogP contribution is 2.54. The van der Waals surface area contributed by atoms with Crippen molar-refractivity contribution in [2.75, 3.05) is 0 Å². The Kier molecular flexibility index (Phi) is 1.14. The lowest BCUT2D eigenvalue weighted by molar-refractivity contribution is 0.446. The van der Waals surface area contributed by atoms with Crippen molar-refractivity contribution in [2.24, 2.45) is 5.41 Å². The second-order valence-electron chi connectivity index (χ2n) is 3.55. The first-order valence-electron chi connectivity index (χ1n) is 4.06. The zero-order valence-corrected chi connectivity index (χ0v) is 5.90. The molecular formula is C9H14. The molecular weight excluding hydrogens is 108 g/mol. The Balaban J connectivity index is 1.98. The van der Waals surface area contributed by atoms with Gasteiger partial charge in [-0.1, -0.05) is 12.2 Å². The molecule has 0 radical (unpaired) electrons. The third-order valence-electron chi connectivity index (χ3n) is 2.81. The van der Waals surface area contributed by atoms with E-state index in [9.17, 15) is 0 Å². The third-order valence-corrected chi connectivity index (χ3v) is 2.81. The van der Waals surface area contributed by atoms with Crippen molar-refractivity contribution < 1.29 is 0 Å². The van der Waals surface area contributed by atoms with E-state index in [1.807, 2.05) is 0 Å². The van der Waals surface area contributed by atoms with Crippen LogP contribution in [0.25, 0.3) is 0 Å². The molecule has 2 aliphatic rings. The van der Waals surface area contributed by atoms with Crippen molar-refractivity contribution in [3.8, 4) is 0 Å². The zero-order valence-electron chi connectivity index (χ0n) is 5.90. The summed E-state index contributed by atoms with van der Waals surface area (Å²) in [5, 5.41) is 0. The summed E-state index contributed by atoms with van der Waals surface area (Å²) >= 11 is 0. The average Bonchev–Trinajstić information content (AvgIpc) is 2.64. The van der Waals surface area contributed by atoms with Crippen LogP contribution in [-0.4, -0.2) is 0 Å². The van der Waals surface area contributed by atoms with Crippen LogP contribution in [0.3, 0.4) is 0 Å². The summed E-state index contributed by atoms with van der Waals surface area (Å²) < 4.78 is 0. The van der Waals surface area contributed by atoms with Gasteiger partial charge in [-0.15, -0.1) is 0 Å². The van der Waals surface area contributed by atoms with Crippen LogP contribution in [0.2, 0.25) is 0 Å². The summed E-state index contributed by atoms with van der Waals surface area (Å²) in [4.78, 5) is 0. The molecule has 0 heterocycles. The van der Waals surface area contributed by atoms with E-state index < -0.39 is 0 Å². The number of hydrogen-bond acceptors (Lipinski definition) is 0. The maximum atomic E-state index is 2.35. The summed E-state index contributed by atoms with van der Waals surface area (Å²) in [6.45, 7) is 0. The molecule has 0 aromatic rings. The molecule has 0 aromatic heterocycles. The van der Waals surface area contributed by atoms with E-state index in [1.54, 1.807) is 0 Å². The fourth-order valence-electron chi connectivity index (χ4n) is 1.82. The summed E-state index contributed by atoms with van der Waals surface area (Å²) in [7, 11) is 0. The molecule has 0 heteroatoms. The van der Waals surface area contributed by atoms with E-state index in [2.05, 4.69) is 12.2 Å². The Labute approximate surface area is 57.0 Å². The summed E-state index contributed by atoms with van der Waals surface area (Å²) in [6.07, 6.45) is 13.4. The smallest absolute Gasteiger partial charge is 0.0291 e. The van der Waals surface area contributed by atoms with E-state index in [0.717, 1.165) is 5.41 Å². The third kappa shape index (κ3) is 1.03. The van der Waals surface area contributed by atoms with Gasteiger partial charge in [0, 0.05) is 0 Å². The van der Waals surface area contributed by atoms with Crippen LogP contribution in [0.1, 0.15) is 38.5 Å². The first-order valence-corrected chi connectivity index (χ1v) is 4.06. The summed E-state index contributed by atoms with van der Waals surface area (Å²) in [5.74, 6) is 0. The highest BCUT2D eigenvalue weighted by molar-refractivity contribution is 5.00. The number of rotatable bonds is 0. The molecule has 0 saturated heterocycles. The van der Waals surface area contributed by atoms with E-state index in [1.165, 1.54) is 38.5 Å². The number of hydrogen-bond donors (Lipinski definition) is 0. The molecule has 0 aliphatic heterocycles. The molecule has 1 fully saturated rings. The highest BCUT2D eigenvalue weighted by atomic mass is 14.5. The lowest BCUT2D eigenvalue weighted by Gasteiger charge is -2.08. The lowest BCUT2D eigenvalue weighted by atomic mass is 9.97. The zero-order chi connectivity index (χ0) is 6.16. The quantitative estimate of drug-likeness (QED) is 0.433. The normalized spacial score (nSPS) is 30.2. The summed E-state index contributed by atoms with van der Waals surface area (Å²) in [5.41, 5.74) is 0.851. The first kappa shape index (κ1) is 5.52. The molecule has 50 valence electrons. The van der Waals surface area contributed by atoms with Gasteiger partial charge in [0.25, 0.3) is 0 Å². The molecule has 9 heavy (non-hydrogen) atoms. The predicted octanol–water partition coefficient (Wildman–Crippen LogP) is 2.90. The van der Waals surface area contributed by atoms with Crippen molar-refractivity contribution in [1.82, 2.24) is 0 Å². The van der Waals surface area contributed by atoms with Gasteiger partial charge >= 0.3 is 0 Å². The second-order valence-corrected chi connectivity index (χ2v) is 3.55. The average molecular weight is 122 g/mol. The van der Waals surface area contributed by atoms with Crippen molar-refractivity contribution in [3.63, 3.8) is 0 Å². The molecule has 0 atom stereocenters. The molecule has 0 aromatic carbocycles. The Morgan fingerprint density at radius 1 is 0.778 bits per heavy atom. The summed E-state index contributed by atoms with van der Waals surface area (Å²) in [6, 6.07) is 0. The van der Waals surface area contributed by atoms with Crippen molar-refractivity contribution >= 4 is 0 Å². The minimum atomic E-state index is 0.851. The Morgan fingerprint density at radius 2 is 1.33 bits per heavy atom. The molecule has 0 unspecified atom stereocenters. The maximum absolute atomic E-state index is 2.35. The molecule has 2 aliphatic carbocycles. The predicted molar refractivity (Wildman–Crippen MR) is 39.3 cm³/mol. The van der Waals surface area contributed by atoms with Gasteiger partial charge in [-0.25, -0.2) is 0 Å². The van der Waals surface area contributed by atoms with Crippen molar-refractivity contribution in [3.05, 3.63) is 12.2 Å². The Bertz CT molecular complexity index is 117. The Hall–Kier alpha value is -0.260. The molecule has 0 N–H and O–H groups in total. The maximum Gasteiger partial charge on any atom is -0.0291 e. The molecule has 1 spiro atoms. The SMILES string of the molecule is C1=CCCC2(CC1)CC2. The van der Waals surface area contributed by atoms with E-state index >= 15 is 0 Å². The van der Waals surface area contributed by atoms with E-state index in [4.69, 9.17) is 0 Å². The standard InChI is InChI=1S/C9H14/c1-2-4-6-9(5-3-1)7-8-9/h1-2H,3-8H2. The van der Waals surface area contributed by atoms with Crippen molar-refractivity contribution in [1.29, 1.82) is 0 Å². The van der Waals surface area contributed by atoms with Gasteiger partial charge in [0.2, 0.25) is 0 Å². The fourth-order valence-corrected chi connectivity index (χ4v) is 1.82. The van der Waals surface area contributed by atoms with Crippen LogP contribution in [0, 0.1) is 5.41 Å². The molecule has 0 amide bonds. The highest BCUT2D eigenvalue weighted by Gasteiger charge is 2.40. The molecule has 1 saturated carbocycles. The fraction of sp³-hybridized carbons (Fsp3) is 0.778. The first-order chi connectivity index (χ1) is 4.41. The van der Waals surface area contributed by atoms with E-state index in [0.29, 0.717) is 0 Å². The van der Waals surface area contributed by atoms with Gasteiger partial charge in [-0.2, -0.15) is 0 Å². The van der Waals surface area contributed by atoms with Gasteiger partial charge < -0.3 is 0 Å². The minimum Gasteiger partial charge on any atom is -0.0885 e. The van der Waals surface area contributed by atoms with Crippen LogP contribution < -0.4 is 0 Å². The minimum absolute atomic E-state index is 0.851. The largest absolute Gasteiger partial charge is 0.0885 e. The van der Waals surface area contributed by atoms with Gasteiger partial charge in [0.1, 0.15) is 0 Å². The van der Waals surface area contributed by atoms with Gasteiger partial charge in [-0.05, 0) is 43.9 Å². The molecule has 2 rings (SSSR count). The van der Waals surface area contributed by atoms with Gasteiger partial charge in [0.05, 0.1) is 0 Å². The molecule has 0 bridgehead atoms.